The predicted octanol–water partition coefficient (Wildman–Crippen LogP) is 0.217. The predicted molar refractivity (Wildman–Crippen MR) is 56.5 cm³/mol. The SMILES string of the molecule is CN(CCCCCO)CCC(N)=NO. The molecule has 0 radical (unpaired) electrons. The molecule has 0 fully saturated rings. The first-order chi connectivity index (χ1) is 6.70. The van der Waals surface area contributed by atoms with E-state index in [0.29, 0.717) is 6.42 Å². The van der Waals surface area contributed by atoms with Crippen LogP contribution in [-0.4, -0.2) is 47.8 Å². The Kier molecular flexibility index (Phi) is 8.27. The van der Waals surface area contributed by atoms with E-state index in [2.05, 4.69) is 10.1 Å². The Morgan fingerprint density at radius 1 is 1.29 bits per heavy atom. The molecule has 5 heteroatoms. The number of aliphatic hydroxyl groups excluding tert-OH is 1. The van der Waals surface area contributed by atoms with Crippen LogP contribution >= 0.6 is 0 Å². The second kappa shape index (κ2) is 8.77. The van der Waals surface area contributed by atoms with Crippen molar-refractivity contribution in [3.8, 4) is 0 Å². The molecule has 0 aromatic rings. The Labute approximate surface area is 85.2 Å². The van der Waals surface area contributed by atoms with E-state index in [1.165, 1.54) is 0 Å². The molecule has 4 N–H and O–H groups in total. The average molecular weight is 203 g/mol. The van der Waals surface area contributed by atoms with Crippen molar-refractivity contribution >= 4 is 5.84 Å². The zero-order valence-corrected chi connectivity index (χ0v) is 8.82. The van der Waals surface area contributed by atoms with Gasteiger partial charge in [0.05, 0.1) is 0 Å². The first kappa shape index (κ1) is 13.2. The van der Waals surface area contributed by atoms with Gasteiger partial charge in [-0.25, -0.2) is 0 Å². The third kappa shape index (κ3) is 7.82. The summed E-state index contributed by atoms with van der Waals surface area (Å²) >= 11 is 0. The molecular formula is C9H21N3O2. The smallest absolute Gasteiger partial charge is 0.140 e. The second-order valence-corrected chi connectivity index (χ2v) is 3.43. The first-order valence-corrected chi connectivity index (χ1v) is 4.96. The summed E-state index contributed by atoms with van der Waals surface area (Å²) in [7, 11) is 2.00. The van der Waals surface area contributed by atoms with Crippen molar-refractivity contribution in [2.24, 2.45) is 10.9 Å². The summed E-state index contributed by atoms with van der Waals surface area (Å²) in [5.41, 5.74) is 5.34. The number of aliphatic hydroxyl groups is 1. The Morgan fingerprint density at radius 2 is 2.00 bits per heavy atom. The fourth-order valence-electron chi connectivity index (χ4n) is 1.14. The first-order valence-electron chi connectivity index (χ1n) is 4.96. The lowest BCUT2D eigenvalue weighted by Gasteiger charge is -2.15. The number of amidine groups is 1. The van der Waals surface area contributed by atoms with E-state index in [9.17, 15) is 0 Å². The number of hydrogen-bond donors (Lipinski definition) is 3. The van der Waals surface area contributed by atoms with Crippen LogP contribution in [-0.2, 0) is 0 Å². The van der Waals surface area contributed by atoms with Crippen LogP contribution in [0.3, 0.4) is 0 Å². The summed E-state index contributed by atoms with van der Waals surface area (Å²) < 4.78 is 0. The molecule has 0 amide bonds. The van der Waals surface area contributed by atoms with Crippen LogP contribution < -0.4 is 5.73 Å². The molecule has 0 aliphatic carbocycles. The van der Waals surface area contributed by atoms with Crippen LogP contribution in [0.1, 0.15) is 25.7 Å². The number of rotatable bonds is 8. The van der Waals surface area contributed by atoms with Crippen LogP contribution in [0.2, 0.25) is 0 Å². The van der Waals surface area contributed by atoms with Gasteiger partial charge in [-0.2, -0.15) is 0 Å². The molecule has 0 heterocycles. The van der Waals surface area contributed by atoms with E-state index in [1.54, 1.807) is 0 Å². The Hall–Kier alpha value is -0.810. The van der Waals surface area contributed by atoms with Crippen LogP contribution in [0, 0.1) is 0 Å². The maximum absolute atomic E-state index is 8.57. The molecule has 0 saturated heterocycles. The maximum atomic E-state index is 8.57. The van der Waals surface area contributed by atoms with Gasteiger partial charge in [0.1, 0.15) is 5.84 Å². The van der Waals surface area contributed by atoms with E-state index in [0.717, 1.165) is 32.4 Å². The molecule has 84 valence electrons. The Morgan fingerprint density at radius 3 is 2.57 bits per heavy atom. The van der Waals surface area contributed by atoms with Gasteiger partial charge in [0.25, 0.3) is 0 Å². The maximum Gasteiger partial charge on any atom is 0.140 e. The summed E-state index contributed by atoms with van der Waals surface area (Å²) in [5, 5.41) is 19.8. The van der Waals surface area contributed by atoms with Crippen LogP contribution in [0.25, 0.3) is 0 Å². The van der Waals surface area contributed by atoms with Crippen molar-refractivity contribution in [1.82, 2.24) is 4.90 Å². The number of unbranched alkanes of at least 4 members (excludes halogenated alkanes) is 2. The monoisotopic (exact) mass is 203 g/mol. The molecule has 0 atom stereocenters. The van der Waals surface area contributed by atoms with Gasteiger partial charge in [-0.3, -0.25) is 0 Å². The van der Waals surface area contributed by atoms with Gasteiger partial charge < -0.3 is 20.9 Å². The highest BCUT2D eigenvalue weighted by Crippen LogP contribution is 1.97. The van der Waals surface area contributed by atoms with Crippen LogP contribution in [0.15, 0.2) is 5.16 Å². The quantitative estimate of drug-likeness (QED) is 0.173. The van der Waals surface area contributed by atoms with Gasteiger partial charge in [-0.15, -0.1) is 0 Å². The fourth-order valence-corrected chi connectivity index (χ4v) is 1.14. The third-order valence-electron chi connectivity index (χ3n) is 2.08. The lowest BCUT2D eigenvalue weighted by atomic mass is 10.2. The van der Waals surface area contributed by atoms with Gasteiger partial charge in [0.15, 0.2) is 0 Å². The molecule has 5 nitrogen and oxygen atoms in total. The normalized spacial score (nSPS) is 12.4. The number of nitrogens with two attached hydrogens (primary N) is 1. The molecule has 0 bridgehead atoms. The molecule has 0 rings (SSSR count). The lowest BCUT2D eigenvalue weighted by molar-refractivity contribution is 0.273. The van der Waals surface area contributed by atoms with Gasteiger partial charge in [-0.05, 0) is 32.9 Å². The summed E-state index contributed by atoms with van der Waals surface area (Å²) in [6, 6.07) is 0. The summed E-state index contributed by atoms with van der Waals surface area (Å²) in [6.45, 7) is 2.06. The van der Waals surface area contributed by atoms with Crippen molar-refractivity contribution in [2.75, 3.05) is 26.7 Å². The largest absolute Gasteiger partial charge is 0.409 e. The second-order valence-electron chi connectivity index (χ2n) is 3.43. The van der Waals surface area contributed by atoms with E-state index >= 15 is 0 Å². The highest BCUT2D eigenvalue weighted by Gasteiger charge is 1.99. The standard InChI is InChI=1S/C9H21N3O2/c1-12(6-3-2-4-8-13)7-5-9(10)11-14/h13-14H,2-8H2,1H3,(H2,10,11). The zero-order chi connectivity index (χ0) is 10.8. The van der Waals surface area contributed by atoms with Crippen molar-refractivity contribution < 1.29 is 10.3 Å². The minimum atomic E-state index is 0.271. The van der Waals surface area contributed by atoms with Crippen LogP contribution in [0.4, 0.5) is 0 Å². The zero-order valence-electron chi connectivity index (χ0n) is 8.82. The Bertz CT molecular complexity index is 162. The van der Waals surface area contributed by atoms with Crippen molar-refractivity contribution in [1.29, 1.82) is 0 Å². The lowest BCUT2D eigenvalue weighted by Crippen LogP contribution is -2.25. The topological polar surface area (TPSA) is 82.1 Å². The van der Waals surface area contributed by atoms with Gasteiger partial charge >= 0.3 is 0 Å². The summed E-state index contributed by atoms with van der Waals surface area (Å²) in [4.78, 5) is 2.13. The average Bonchev–Trinajstić information content (AvgIpc) is 2.21. The summed E-state index contributed by atoms with van der Waals surface area (Å²) in [6.07, 6.45) is 3.58. The summed E-state index contributed by atoms with van der Waals surface area (Å²) in [5.74, 6) is 0.271. The van der Waals surface area contributed by atoms with Crippen LogP contribution in [0.5, 0.6) is 0 Å². The molecule has 0 unspecified atom stereocenters. The number of nitrogens with zero attached hydrogens (tertiary/aromatic N) is 2. The molecule has 0 aromatic heterocycles. The van der Waals surface area contributed by atoms with Gasteiger partial charge in [0, 0.05) is 19.6 Å². The number of oxime groups is 1. The van der Waals surface area contributed by atoms with Crippen molar-refractivity contribution in [3.05, 3.63) is 0 Å². The minimum Gasteiger partial charge on any atom is -0.409 e. The molecule has 0 aromatic carbocycles. The molecule has 0 aliphatic heterocycles. The van der Waals surface area contributed by atoms with E-state index in [-0.39, 0.29) is 12.4 Å². The van der Waals surface area contributed by atoms with Gasteiger partial charge in [0.2, 0.25) is 0 Å². The molecule has 0 saturated carbocycles. The molecule has 0 aliphatic rings. The highest BCUT2D eigenvalue weighted by atomic mass is 16.4. The fraction of sp³-hybridized carbons (Fsp3) is 0.889. The van der Waals surface area contributed by atoms with Gasteiger partial charge in [-0.1, -0.05) is 5.16 Å². The third-order valence-corrected chi connectivity index (χ3v) is 2.08. The van der Waals surface area contributed by atoms with Crippen molar-refractivity contribution in [2.45, 2.75) is 25.7 Å². The van der Waals surface area contributed by atoms with E-state index in [4.69, 9.17) is 16.0 Å². The Balaban J connectivity index is 3.32. The number of hydrogen-bond acceptors (Lipinski definition) is 4. The van der Waals surface area contributed by atoms with E-state index < -0.39 is 0 Å². The highest BCUT2D eigenvalue weighted by molar-refractivity contribution is 5.79. The molecular weight excluding hydrogens is 182 g/mol. The van der Waals surface area contributed by atoms with Crippen molar-refractivity contribution in [3.63, 3.8) is 0 Å². The van der Waals surface area contributed by atoms with E-state index in [1.807, 2.05) is 7.05 Å². The molecule has 14 heavy (non-hydrogen) atoms. The molecule has 0 spiro atoms. The minimum absolute atomic E-state index is 0.271.